The first kappa shape index (κ1) is 19.0. The van der Waals surface area contributed by atoms with Gasteiger partial charge in [0.15, 0.2) is 0 Å². The average molecular weight is 401 g/mol. The van der Waals surface area contributed by atoms with E-state index in [1.165, 1.54) is 12.0 Å². The number of rotatable bonds is 6. The lowest BCUT2D eigenvalue weighted by Gasteiger charge is -2.31. The Hall–Kier alpha value is -2.95. The maximum atomic E-state index is 13.1. The van der Waals surface area contributed by atoms with E-state index in [2.05, 4.69) is 40.4 Å². The zero-order valence-electron chi connectivity index (χ0n) is 17.3. The Morgan fingerprint density at radius 3 is 2.23 bits per heavy atom. The van der Waals surface area contributed by atoms with Gasteiger partial charge in [-0.15, -0.1) is 5.10 Å². The lowest BCUT2D eigenvalue weighted by molar-refractivity contribution is 0.0674. The van der Waals surface area contributed by atoms with Crippen molar-refractivity contribution in [3.05, 3.63) is 77.9 Å². The summed E-state index contributed by atoms with van der Waals surface area (Å²) in [5, 5.41) is 4.63. The third-order valence-electron chi connectivity index (χ3n) is 6.35. The van der Waals surface area contributed by atoms with Crippen LogP contribution in [0.3, 0.4) is 0 Å². The highest BCUT2D eigenvalue weighted by molar-refractivity contribution is 5.90. The molecule has 0 bridgehead atoms. The molecule has 0 radical (unpaired) electrons. The molecule has 5 nitrogen and oxygen atoms in total. The van der Waals surface area contributed by atoms with Crippen molar-refractivity contribution >= 4 is 5.91 Å². The third-order valence-corrected chi connectivity index (χ3v) is 6.35. The van der Waals surface area contributed by atoms with E-state index < -0.39 is 0 Å². The summed E-state index contributed by atoms with van der Waals surface area (Å²) in [4.78, 5) is 19.7. The Bertz CT molecular complexity index is 987. The Morgan fingerprint density at radius 2 is 1.57 bits per heavy atom. The molecule has 0 unspecified atom stereocenters. The van der Waals surface area contributed by atoms with Gasteiger partial charge in [-0.1, -0.05) is 48.5 Å². The number of amides is 1. The van der Waals surface area contributed by atoms with Gasteiger partial charge in [-0.05, 0) is 62.1 Å². The first-order valence-electron chi connectivity index (χ1n) is 11.1. The van der Waals surface area contributed by atoms with E-state index in [0.717, 1.165) is 56.7 Å². The number of likely N-dealkylation sites (tertiary alicyclic amines) is 1. The fourth-order valence-corrected chi connectivity index (χ4v) is 4.36. The molecule has 5 heteroatoms. The van der Waals surface area contributed by atoms with Crippen molar-refractivity contribution < 1.29 is 4.79 Å². The lowest BCUT2D eigenvalue weighted by atomic mass is 9.90. The van der Waals surface area contributed by atoms with Gasteiger partial charge in [0.2, 0.25) is 5.82 Å². The molecule has 5 rings (SSSR count). The molecule has 2 aromatic carbocycles. The summed E-state index contributed by atoms with van der Waals surface area (Å²) in [5.41, 5.74) is 2.38. The molecule has 1 aliphatic heterocycles. The van der Waals surface area contributed by atoms with Gasteiger partial charge in [0.1, 0.15) is 5.82 Å². The second-order valence-electron chi connectivity index (χ2n) is 8.58. The Morgan fingerprint density at radius 1 is 0.900 bits per heavy atom. The van der Waals surface area contributed by atoms with Crippen molar-refractivity contribution in [3.8, 4) is 5.69 Å². The number of carbonyl (C=O) groups is 1. The number of para-hydroxylation sites is 1. The van der Waals surface area contributed by atoms with Gasteiger partial charge >= 0.3 is 0 Å². The molecule has 1 amide bonds. The van der Waals surface area contributed by atoms with Gasteiger partial charge < -0.3 is 4.90 Å². The molecule has 1 aliphatic carbocycles. The van der Waals surface area contributed by atoms with Gasteiger partial charge in [0, 0.05) is 19.0 Å². The maximum Gasteiger partial charge on any atom is 0.293 e. The summed E-state index contributed by atoms with van der Waals surface area (Å²) < 4.78 is 1.87. The fraction of sp³-hybridized carbons (Fsp3) is 0.400. The van der Waals surface area contributed by atoms with Crippen molar-refractivity contribution in [1.29, 1.82) is 0 Å². The standard InChI is InChI=1S/C25H28N4O/c30-25(28-17-15-20(16-18-28)12-11-19-7-3-1-4-8-19)23-26-24(21-13-14-21)29(27-23)22-9-5-2-6-10-22/h1-10,20-21H,11-18H2. The molecule has 0 N–H and O–H groups in total. The summed E-state index contributed by atoms with van der Waals surface area (Å²) in [7, 11) is 0. The number of aryl methyl sites for hydroxylation is 1. The van der Waals surface area contributed by atoms with E-state index in [1.807, 2.05) is 39.9 Å². The largest absolute Gasteiger partial charge is 0.336 e. The van der Waals surface area contributed by atoms with Crippen LogP contribution in [0.15, 0.2) is 60.7 Å². The van der Waals surface area contributed by atoms with Crippen LogP contribution in [0.25, 0.3) is 5.69 Å². The van der Waals surface area contributed by atoms with Gasteiger partial charge in [-0.2, -0.15) is 0 Å². The molecule has 1 saturated heterocycles. The highest BCUT2D eigenvalue weighted by Crippen LogP contribution is 2.39. The molecule has 0 spiro atoms. The van der Waals surface area contributed by atoms with E-state index >= 15 is 0 Å². The summed E-state index contributed by atoms with van der Waals surface area (Å²) in [6, 6.07) is 20.7. The van der Waals surface area contributed by atoms with Crippen LogP contribution in [0.4, 0.5) is 0 Å². The number of nitrogens with zero attached hydrogens (tertiary/aromatic N) is 4. The van der Waals surface area contributed by atoms with E-state index in [9.17, 15) is 4.79 Å². The molecule has 0 atom stereocenters. The van der Waals surface area contributed by atoms with Crippen molar-refractivity contribution in [2.24, 2.45) is 5.92 Å². The van der Waals surface area contributed by atoms with Crippen LogP contribution in [-0.2, 0) is 6.42 Å². The van der Waals surface area contributed by atoms with Crippen molar-refractivity contribution in [2.75, 3.05) is 13.1 Å². The molecule has 2 aliphatic rings. The minimum atomic E-state index is -0.0203. The number of hydrogen-bond donors (Lipinski definition) is 0. The van der Waals surface area contributed by atoms with Gasteiger partial charge in [-0.25, -0.2) is 9.67 Å². The minimum Gasteiger partial charge on any atom is -0.336 e. The molecule has 154 valence electrons. The average Bonchev–Trinajstić information content (AvgIpc) is 3.57. The summed E-state index contributed by atoms with van der Waals surface area (Å²) in [6.45, 7) is 1.61. The molecule has 1 aromatic heterocycles. The quantitative estimate of drug-likeness (QED) is 0.606. The first-order valence-corrected chi connectivity index (χ1v) is 11.1. The van der Waals surface area contributed by atoms with Crippen LogP contribution in [0.1, 0.15) is 60.0 Å². The van der Waals surface area contributed by atoms with Crippen LogP contribution in [0, 0.1) is 5.92 Å². The van der Waals surface area contributed by atoms with E-state index in [-0.39, 0.29) is 5.91 Å². The first-order chi connectivity index (χ1) is 14.8. The molecular weight excluding hydrogens is 372 g/mol. The summed E-state index contributed by atoms with van der Waals surface area (Å²) in [5.74, 6) is 2.38. The number of aromatic nitrogens is 3. The Kier molecular flexibility index (Phi) is 5.35. The maximum absolute atomic E-state index is 13.1. The Balaban J connectivity index is 1.23. The highest BCUT2D eigenvalue weighted by atomic mass is 16.2. The molecule has 30 heavy (non-hydrogen) atoms. The van der Waals surface area contributed by atoms with Gasteiger partial charge in [0.05, 0.1) is 5.69 Å². The van der Waals surface area contributed by atoms with Crippen molar-refractivity contribution in [3.63, 3.8) is 0 Å². The zero-order chi connectivity index (χ0) is 20.3. The monoisotopic (exact) mass is 400 g/mol. The number of carbonyl (C=O) groups excluding carboxylic acids is 1. The lowest BCUT2D eigenvalue weighted by Crippen LogP contribution is -2.39. The normalized spacial score (nSPS) is 17.3. The Labute approximate surface area is 177 Å². The van der Waals surface area contributed by atoms with Gasteiger partial charge in [-0.3, -0.25) is 4.79 Å². The smallest absolute Gasteiger partial charge is 0.293 e. The second kappa shape index (κ2) is 8.42. The highest BCUT2D eigenvalue weighted by Gasteiger charge is 2.33. The number of benzene rings is 2. The molecular formula is C25H28N4O. The van der Waals surface area contributed by atoms with Crippen LogP contribution in [-0.4, -0.2) is 38.7 Å². The van der Waals surface area contributed by atoms with Crippen molar-refractivity contribution in [1.82, 2.24) is 19.7 Å². The predicted molar refractivity (Wildman–Crippen MR) is 117 cm³/mol. The second-order valence-corrected chi connectivity index (χ2v) is 8.58. The van der Waals surface area contributed by atoms with Crippen LogP contribution in [0.2, 0.25) is 0 Å². The summed E-state index contributed by atoms with van der Waals surface area (Å²) >= 11 is 0. The minimum absolute atomic E-state index is 0.0203. The van der Waals surface area contributed by atoms with E-state index in [0.29, 0.717) is 17.7 Å². The number of hydrogen-bond acceptors (Lipinski definition) is 3. The summed E-state index contributed by atoms with van der Waals surface area (Å²) in [6.07, 6.45) is 6.70. The van der Waals surface area contributed by atoms with Crippen molar-refractivity contribution in [2.45, 2.75) is 44.4 Å². The zero-order valence-corrected chi connectivity index (χ0v) is 17.3. The van der Waals surface area contributed by atoms with Crippen LogP contribution in [0.5, 0.6) is 0 Å². The topological polar surface area (TPSA) is 51.0 Å². The van der Waals surface area contributed by atoms with Crippen LogP contribution < -0.4 is 0 Å². The molecule has 2 heterocycles. The van der Waals surface area contributed by atoms with E-state index in [4.69, 9.17) is 0 Å². The van der Waals surface area contributed by atoms with E-state index in [1.54, 1.807) is 0 Å². The molecule has 3 aromatic rings. The molecule has 1 saturated carbocycles. The van der Waals surface area contributed by atoms with Crippen LogP contribution >= 0.6 is 0 Å². The predicted octanol–water partition coefficient (Wildman–Crippen LogP) is 4.63. The SMILES string of the molecule is O=C(c1nc(C2CC2)n(-c2ccccc2)n1)N1CCC(CCc2ccccc2)CC1. The fourth-order valence-electron chi connectivity index (χ4n) is 4.36. The number of piperidine rings is 1. The van der Waals surface area contributed by atoms with Gasteiger partial charge in [0.25, 0.3) is 5.91 Å². The molecule has 2 fully saturated rings. The third kappa shape index (κ3) is 4.16.